The molecule has 0 radical (unpaired) electrons. The summed E-state index contributed by atoms with van der Waals surface area (Å²) in [5.74, 6) is -0.0961. The summed E-state index contributed by atoms with van der Waals surface area (Å²) in [5, 5.41) is 18.6. The van der Waals surface area contributed by atoms with Gasteiger partial charge in [0.1, 0.15) is 5.41 Å². The zero-order chi connectivity index (χ0) is 14.7. The van der Waals surface area contributed by atoms with Crippen molar-refractivity contribution >= 4 is 5.91 Å². The van der Waals surface area contributed by atoms with Gasteiger partial charge in [0, 0.05) is 13.1 Å². The van der Waals surface area contributed by atoms with Crippen molar-refractivity contribution in [3.8, 4) is 6.07 Å². The molecule has 19 heavy (non-hydrogen) atoms. The normalized spacial score (nSPS) is 11.1. The van der Waals surface area contributed by atoms with E-state index in [4.69, 9.17) is 5.11 Å². The molecule has 110 valence electrons. The minimum Gasteiger partial charge on any atom is -0.395 e. The van der Waals surface area contributed by atoms with Crippen LogP contribution in [0.5, 0.6) is 0 Å². The molecule has 0 fully saturated rings. The maximum Gasteiger partial charge on any atom is 0.243 e. The Labute approximate surface area is 117 Å². The third-order valence-corrected chi connectivity index (χ3v) is 3.42. The number of amides is 1. The predicted octanol–water partition coefficient (Wildman–Crippen LogP) is 2.72. The van der Waals surface area contributed by atoms with Crippen LogP contribution in [0, 0.1) is 16.7 Å². The van der Waals surface area contributed by atoms with Crippen LogP contribution in [-0.4, -0.2) is 35.6 Å². The van der Waals surface area contributed by atoms with E-state index in [1.54, 1.807) is 4.90 Å². The van der Waals surface area contributed by atoms with E-state index in [0.29, 0.717) is 25.9 Å². The highest BCUT2D eigenvalue weighted by molar-refractivity contribution is 5.85. The molecule has 4 heteroatoms. The largest absolute Gasteiger partial charge is 0.395 e. The molecule has 0 saturated carbocycles. The molecule has 0 aliphatic carbocycles. The van der Waals surface area contributed by atoms with E-state index in [2.05, 4.69) is 13.0 Å². The molecule has 1 amide bonds. The molecule has 0 atom stereocenters. The minimum atomic E-state index is -0.896. The number of aliphatic hydroxyl groups is 1. The first-order valence-electron chi connectivity index (χ1n) is 7.43. The standard InChI is InChI=1S/C15H28N2O2/c1-4-7-10-17(11-12-18)14(19)15(13-16,8-5-2)9-6-3/h18H,4-12H2,1-3H3. The van der Waals surface area contributed by atoms with E-state index in [9.17, 15) is 10.1 Å². The highest BCUT2D eigenvalue weighted by Crippen LogP contribution is 2.31. The van der Waals surface area contributed by atoms with Gasteiger partial charge in [-0.05, 0) is 19.3 Å². The van der Waals surface area contributed by atoms with Crippen LogP contribution in [0.2, 0.25) is 0 Å². The van der Waals surface area contributed by atoms with Crippen LogP contribution >= 0.6 is 0 Å². The Balaban J connectivity index is 5.04. The van der Waals surface area contributed by atoms with Crippen molar-refractivity contribution in [2.24, 2.45) is 5.41 Å². The molecule has 0 aliphatic rings. The van der Waals surface area contributed by atoms with Crippen molar-refractivity contribution in [1.82, 2.24) is 4.90 Å². The third-order valence-electron chi connectivity index (χ3n) is 3.42. The minimum absolute atomic E-state index is 0.0464. The third kappa shape index (κ3) is 5.20. The quantitative estimate of drug-likeness (QED) is 0.662. The Morgan fingerprint density at radius 1 is 1.16 bits per heavy atom. The fourth-order valence-corrected chi connectivity index (χ4v) is 2.44. The summed E-state index contributed by atoms with van der Waals surface area (Å²) in [6, 6.07) is 2.26. The topological polar surface area (TPSA) is 64.3 Å². The summed E-state index contributed by atoms with van der Waals surface area (Å²) in [7, 11) is 0. The van der Waals surface area contributed by atoms with Gasteiger partial charge in [0.25, 0.3) is 0 Å². The van der Waals surface area contributed by atoms with E-state index in [-0.39, 0.29) is 12.5 Å². The van der Waals surface area contributed by atoms with Gasteiger partial charge in [-0.1, -0.05) is 40.0 Å². The Hall–Kier alpha value is -1.08. The van der Waals surface area contributed by atoms with E-state index in [1.807, 2.05) is 13.8 Å². The summed E-state index contributed by atoms with van der Waals surface area (Å²) < 4.78 is 0. The number of unbranched alkanes of at least 4 members (excludes halogenated alkanes) is 1. The summed E-state index contributed by atoms with van der Waals surface area (Å²) in [5.41, 5.74) is -0.896. The Morgan fingerprint density at radius 3 is 2.11 bits per heavy atom. The molecular formula is C15H28N2O2. The van der Waals surface area contributed by atoms with Gasteiger partial charge >= 0.3 is 0 Å². The molecule has 0 bridgehead atoms. The number of carbonyl (C=O) groups excluding carboxylic acids is 1. The lowest BCUT2D eigenvalue weighted by molar-refractivity contribution is -0.140. The van der Waals surface area contributed by atoms with Gasteiger partial charge < -0.3 is 10.0 Å². The lowest BCUT2D eigenvalue weighted by Gasteiger charge is -2.32. The van der Waals surface area contributed by atoms with Gasteiger partial charge in [-0.25, -0.2) is 0 Å². The molecule has 0 heterocycles. The Morgan fingerprint density at radius 2 is 1.74 bits per heavy atom. The number of hydrogen-bond donors (Lipinski definition) is 1. The molecular weight excluding hydrogens is 240 g/mol. The summed E-state index contributed by atoms with van der Waals surface area (Å²) >= 11 is 0. The van der Waals surface area contributed by atoms with E-state index in [0.717, 1.165) is 25.7 Å². The van der Waals surface area contributed by atoms with E-state index < -0.39 is 5.41 Å². The van der Waals surface area contributed by atoms with Gasteiger partial charge in [0.15, 0.2) is 0 Å². The number of nitriles is 1. The molecule has 0 aromatic heterocycles. The summed E-state index contributed by atoms with van der Waals surface area (Å²) in [6.07, 6.45) is 4.75. The van der Waals surface area contributed by atoms with Gasteiger partial charge in [0.05, 0.1) is 12.7 Å². The Bertz CT molecular complexity index is 291. The lowest BCUT2D eigenvalue weighted by Crippen LogP contribution is -2.45. The zero-order valence-electron chi connectivity index (χ0n) is 12.6. The smallest absolute Gasteiger partial charge is 0.243 e. The molecule has 0 spiro atoms. The Kier molecular flexibility index (Phi) is 9.24. The first-order valence-corrected chi connectivity index (χ1v) is 7.43. The highest BCUT2D eigenvalue weighted by atomic mass is 16.3. The molecule has 0 rings (SSSR count). The van der Waals surface area contributed by atoms with Crippen molar-refractivity contribution < 1.29 is 9.90 Å². The second kappa shape index (κ2) is 9.80. The van der Waals surface area contributed by atoms with Crippen molar-refractivity contribution in [2.45, 2.75) is 59.3 Å². The SMILES string of the molecule is CCCCN(CCO)C(=O)C(C#N)(CCC)CCC. The predicted molar refractivity (Wildman–Crippen MR) is 76.4 cm³/mol. The van der Waals surface area contributed by atoms with Crippen LogP contribution in [0.3, 0.4) is 0 Å². The highest BCUT2D eigenvalue weighted by Gasteiger charge is 2.39. The molecule has 0 aliphatic heterocycles. The van der Waals surface area contributed by atoms with Crippen LogP contribution in [0.4, 0.5) is 0 Å². The number of nitrogens with zero attached hydrogens (tertiary/aromatic N) is 2. The molecule has 1 N–H and O–H groups in total. The van der Waals surface area contributed by atoms with Crippen LogP contribution in [0.1, 0.15) is 59.3 Å². The van der Waals surface area contributed by atoms with Gasteiger partial charge in [-0.2, -0.15) is 5.26 Å². The second-order valence-electron chi connectivity index (χ2n) is 5.06. The number of hydrogen-bond acceptors (Lipinski definition) is 3. The first kappa shape index (κ1) is 17.9. The molecule has 0 aromatic rings. The molecule has 0 unspecified atom stereocenters. The van der Waals surface area contributed by atoms with Crippen molar-refractivity contribution in [3.63, 3.8) is 0 Å². The molecule has 0 saturated heterocycles. The number of rotatable bonds is 10. The van der Waals surface area contributed by atoms with Crippen molar-refractivity contribution in [1.29, 1.82) is 5.26 Å². The fourth-order valence-electron chi connectivity index (χ4n) is 2.44. The average Bonchev–Trinajstić information content (AvgIpc) is 2.42. The maximum atomic E-state index is 12.7. The zero-order valence-corrected chi connectivity index (χ0v) is 12.6. The maximum absolute atomic E-state index is 12.7. The number of aliphatic hydroxyl groups excluding tert-OH is 1. The van der Waals surface area contributed by atoms with Crippen molar-refractivity contribution in [2.75, 3.05) is 19.7 Å². The van der Waals surface area contributed by atoms with Crippen molar-refractivity contribution in [3.05, 3.63) is 0 Å². The molecule has 0 aromatic carbocycles. The number of carbonyl (C=O) groups is 1. The van der Waals surface area contributed by atoms with Gasteiger partial charge in [-0.15, -0.1) is 0 Å². The first-order chi connectivity index (χ1) is 9.11. The average molecular weight is 268 g/mol. The molecule has 4 nitrogen and oxygen atoms in total. The summed E-state index contributed by atoms with van der Waals surface area (Å²) in [4.78, 5) is 14.3. The second-order valence-corrected chi connectivity index (χ2v) is 5.06. The van der Waals surface area contributed by atoms with E-state index in [1.165, 1.54) is 0 Å². The van der Waals surface area contributed by atoms with Crippen LogP contribution in [0.15, 0.2) is 0 Å². The summed E-state index contributed by atoms with van der Waals surface area (Å²) in [6.45, 7) is 6.98. The fraction of sp³-hybridized carbons (Fsp3) is 0.867. The van der Waals surface area contributed by atoms with Gasteiger partial charge in [0.2, 0.25) is 5.91 Å². The van der Waals surface area contributed by atoms with Crippen LogP contribution in [0.25, 0.3) is 0 Å². The van der Waals surface area contributed by atoms with Crippen LogP contribution < -0.4 is 0 Å². The van der Waals surface area contributed by atoms with Crippen LogP contribution in [-0.2, 0) is 4.79 Å². The monoisotopic (exact) mass is 268 g/mol. The van der Waals surface area contributed by atoms with Gasteiger partial charge in [-0.3, -0.25) is 4.79 Å². The lowest BCUT2D eigenvalue weighted by atomic mass is 9.79. The van der Waals surface area contributed by atoms with E-state index >= 15 is 0 Å².